The fourth-order valence-electron chi connectivity index (χ4n) is 2.36. The van der Waals surface area contributed by atoms with E-state index in [-0.39, 0.29) is 12.6 Å². The third-order valence-corrected chi connectivity index (χ3v) is 3.87. The van der Waals surface area contributed by atoms with Gasteiger partial charge in [-0.3, -0.25) is 0 Å². The Labute approximate surface area is 134 Å². The van der Waals surface area contributed by atoms with Crippen molar-refractivity contribution in [1.82, 2.24) is 10.2 Å². The van der Waals surface area contributed by atoms with Gasteiger partial charge in [-0.05, 0) is 32.1 Å². The molecule has 1 unspecified atom stereocenters. The van der Waals surface area contributed by atoms with E-state index >= 15 is 0 Å². The molecule has 0 saturated heterocycles. The second-order valence-corrected chi connectivity index (χ2v) is 5.25. The van der Waals surface area contributed by atoms with E-state index < -0.39 is 0 Å². The maximum Gasteiger partial charge on any atom is 0.126 e. The molecule has 0 saturated carbocycles. The Morgan fingerprint density at radius 1 is 1.27 bits per heavy atom. The molecule has 0 radical (unpaired) electrons. The number of para-hydroxylation sites is 1. The Bertz CT molecular complexity index is 431. The lowest BCUT2D eigenvalue weighted by Gasteiger charge is -2.22. The highest BCUT2D eigenvalue weighted by molar-refractivity contribution is 5.57. The summed E-state index contributed by atoms with van der Waals surface area (Å²) in [5.74, 6) is 0.874. The first-order chi connectivity index (χ1) is 10.7. The summed E-state index contributed by atoms with van der Waals surface area (Å²) < 4.78 is 5.32. The van der Waals surface area contributed by atoms with Gasteiger partial charge in [-0.2, -0.15) is 0 Å². The third kappa shape index (κ3) is 6.60. The number of rotatable bonds is 11. The predicted molar refractivity (Wildman–Crippen MR) is 93.3 cm³/mol. The quantitative estimate of drug-likeness (QED) is 0.659. The summed E-state index contributed by atoms with van der Waals surface area (Å²) in [6.45, 7) is 8.37. The highest BCUT2D eigenvalue weighted by Crippen LogP contribution is 2.18. The minimum atomic E-state index is 0.142. The zero-order valence-electron chi connectivity index (χ0n) is 14.1. The standard InChI is InChI=1S/C18H30N2O2/c1-4-20(5-2)14-12-17(15-21)19-13-8-10-16-9-6-7-11-18(16)22-3/h6-11,17,19,21H,4-5,12-15H2,1-3H3/b10-8+. The van der Waals surface area contributed by atoms with Crippen molar-refractivity contribution in [3.05, 3.63) is 35.9 Å². The molecule has 1 aromatic rings. The molecule has 0 aromatic heterocycles. The highest BCUT2D eigenvalue weighted by Gasteiger charge is 2.07. The van der Waals surface area contributed by atoms with Crippen LogP contribution in [0.4, 0.5) is 0 Å². The lowest BCUT2D eigenvalue weighted by Crippen LogP contribution is -2.36. The Kier molecular flexibility index (Phi) is 9.55. The van der Waals surface area contributed by atoms with E-state index in [1.54, 1.807) is 7.11 Å². The van der Waals surface area contributed by atoms with Crippen molar-refractivity contribution in [1.29, 1.82) is 0 Å². The molecule has 0 heterocycles. The topological polar surface area (TPSA) is 44.7 Å². The fraction of sp³-hybridized carbons (Fsp3) is 0.556. The molecule has 1 atom stereocenters. The van der Waals surface area contributed by atoms with Gasteiger partial charge in [0.2, 0.25) is 0 Å². The minimum absolute atomic E-state index is 0.142. The zero-order valence-corrected chi connectivity index (χ0v) is 14.1. The maximum atomic E-state index is 9.46. The van der Waals surface area contributed by atoms with Crippen LogP contribution in [-0.4, -0.2) is 55.9 Å². The Morgan fingerprint density at radius 2 is 2.00 bits per heavy atom. The first kappa shape index (κ1) is 18.7. The van der Waals surface area contributed by atoms with Gasteiger partial charge in [0.1, 0.15) is 5.75 Å². The summed E-state index contributed by atoms with van der Waals surface area (Å²) in [6, 6.07) is 8.08. The van der Waals surface area contributed by atoms with Crippen LogP contribution < -0.4 is 10.1 Å². The largest absolute Gasteiger partial charge is 0.496 e. The van der Waals surface area contributed by atoms with E-state index in [0.29, 0.717) is 0 Å². The monoisotopic (exact) mass is 306 g/mol. The first-order valence-corrected chi connectivity index (χ1v) is 8.11. The van der Waals surface area contributed by atoms with Crippen molar-refractivity contribution in [3.8, 4) is 5.75 Å². The number of ether oxygens (including phenoxy) is 1. The van der Waals surface area contributed by atoms with Crippen LogP contribution in [0.25, 0.3) is 6.08 Å². The Morgan fingerprint density at radius 3 is 2.64 bits per heavy atom. The number of hydrogen-bond donors (Lipinski definition) is 2. The summed E-state index contributed by atoms with van der Waals surface area (Å²) in [7, 11) is 1.68. The molecule has 1 rings (SSSR count). The van der Waals surface area contributed by atoms with Crippen molar-refractivity contribution in [2.75, 3.05) is 39.9 Å². The Hall–Kier alpha value is -1.36. The first-order valence-electron chi connectivity index (χ1n) is 8.11. The van der Waals surface area contributed by atoms with Crippen LogP contribution >= 0.6 is 0 Å². The smallest absolute Gasteiger partial charge is 0.126 e. The van der Waals surface area contributed by atoms with E-state index in [0.717, 1.165) is 43.9 Å². The van der Waals surface area contributed by atoms with Crippen LogP contribution in [0.5, 0.6) is 5.75 Å². The number of nitrogens with zero attached hydrogens (tertiary/aromatic N) is 1. The summed E-state index contributed by atoms with van der Waals surface area (Å²) in [5, 5.41) is 12.8. The molecule has 1 aromatic carbocycles. The average Bonchev–Trinajstić information content (AvgIpc) is 2.57. The van der Waals surface area contributed by atoms with E-state index in [4.69, 9.17) is 4.74 Å². The minimum Gasteiger partial charge on any atom is -0.496 e. The van der Waals surface area contributed by atoms with Crippen LogP contribution in [0.15, 0.2) is 30.3 Å². The molecular formula is C18H30N2O2. The maximum absolute atomic E-state index is 9.46. The molecule has 4 heteroatoms. The molecular weight excluding hydrogens is 276 g/mol. The number of nitrogens with one attached hydrogen (secondary N) is 1. The second kappa shape index (κ2) is 11.2. The molecule has 0 fully saturated rings. The normalized spacial score (nSPS) is 13.0. The number of methoxy groups -OCH3 is 1. The van der Waals surface area contributed by atoms with Crippen LogP contribution in [0.2, 0.25) is 0 Å². The van der Waals surface area contributed by atoms with Gasteiger partial charge in [-0.15, -0.1) is 0 Å². The van der Waals surface area contributed by atoms with Crippen LogP contribution in [0.3, 0.4) is 0 Å². The number of hydrogen-bond acceptors (Lipinski definition) is 4. The molecule has 0 bridgehead atoms. The third-order valence-electron chi connectivity index (χ3n) is 3.87. The molecule has 124 valence electrons. The van der Waals surface area contributed by atoms with Gasteiger partial charge in [-0.25, -0.2) is 0 Å². The summed E-state index contributed by atoms with van der Waals surface area (Å²) in [4.78, 5) is 2.37. The lowest BCUT2D eigenvalue weighted by molar-refractivity contribution is 0.214. The summed E-state index contributed by atoms with van der Waals surface area (Å²) >= 11 is 0. The molecule has 2 N–H and O–H groups in total. The highest BCUT2D eigenvalue weighted by atomic mass is 16.5. The van der Waals surface area contributed by atoms with E-state index in [2.05, 4.69) is 30.1 Å². The van der Waals surface area contributed by atoms with Crippen LogP contribution in [0, 0.1) is 0 Å². The van der Waals surface area contributed by atoms with Crippen molar-refractivity contribution in [2.45, 2.75) is 26.3 Å². The zero-order chi connectivity index (χ0) is 16.2. The second-order valence-electron chi connectivity index (χ2n) is 5.25. The lowest BCUT2D eigenvalue weighted by atomic mass is 10.1. The van der Waals surface area contributed by atoms with Crippen LogP contribution in [-0.2, 0) is 0 Å². The molecule has 0 aliphatic rings. The van der Waals surface area contributed by atoms with Gasteiger partial charge in [0.25, 0.3) is 0 Å². The molecule has 22 heavy (non-hydrogen) atoms. The molecule has 0 spiro atoms. The van der Waals surface area contributed by atoms with E-state index in [1.807, 2.05) is 30.3 Å². The molecule has 0 aliphatic carbocycles. The van der Waals surface area contributed by atoms with E-state index in [9.17, 15) is 5.11 Å². The van der Waals surface area contributed by atoms with E-state index in [1.165, 1.54) is 0 Å². The Balaban J connectivity index is 2.38. The average molecular weight is 306 g/mol. The van der Waals surface area contributed by atoms with Gasteiger partial charge >= 0.3 is 0 Å². The van der Waals surface area contributed by atoms with Gasteiger partial charge in [-0.1, -0.05) is 44.2 Å². The summed E-state index contributed by atoms with van der Waals surface area (Å²) in [6.07, 6.45) is 5.07. The number of benzene rings is 1. The van der Waals surface area contributed by atoms with Gasteiger partial charge in [0, 0.05) is 18.2 Å². The fourth-order valence-corrected chi connectivity index (χ4v) is 2.36. The van der Waals surface area contributed by atoms with Gasteiger partial charge in [0.05, 0.1) is 13.7 Å². The molecule has 0 aliphatic heterocycles. The van der Waals surface area contributed by atoms with Crippen molar-refractivity contribution >= 4 is 6.08 Å². The van der Waals surface area contributed by atoms with Crippen molar-refractivity contribution in [3.63, 3.8) is 0 Å². The summed E-state index contributed by atoms with van der Waals surface area (Å²) in [5.41, 5.74) is 1.07. The van der Waals surface area contributed by atoms with Gasteiger partial charge < -0.3 is 20.1 Å². The van der Waals surface area contributed by atoms with Crippen molar-refractivity contribution < 1.29 is 9.84 Å². The van der Waals surface area contributed by atoms with Crippen molar-refractivity contribution in [2.24, 2.45) is 0 Å². The predicted octanol–water partition coefficient (Wildman–Crippen LogP) is 2.39. The molecule has 4 nitrogen and oxygen atoms in total. The van der Waals surface area contributed by atoms with Crippen LogP contribution in [0.1, 0.15) is 25.8 Å². The number of aliphatic hydroxyl groups excluding tert-OH is 1. The van der Waals surface area contributed by atoms with Gasteiger partial charge in [0.15, 0.2) is 0 Å². The number of aliphatic hydroxyl groups is 1. The molecule has 0 amide bonds. The SMILES string of the molecule is CCN(CC)CCC(CO)NC/C=C/c1ccccc1OC.